The Morgan fingerprint density at radius 3 is 2.50 bits per heavy atom. The van der Waals surface area contributed by atoms with Crippen molar-refractivity contribution in [3.63, 3.8) is 0 Å². The molecule has 5 rings (SSSR count). The third kappa shape index (κ3) is 3.27. The molecule has 0 saturated heterocycles. The van der Waals surface area contributed by atoms with Crippen LogP contribution in [0, 0.1) is 19.3 Å². The number of hydrogen-bond acceptors (Lipinski definition) is 6. The number of Topliss-reactive ketones (excluding diaryl/α,β-unsaturated/α-hetero) is 1. The molecule has 36 heavy (non-hydrogen) atoms. The molecule has 2 heterocycles. The molecule has 0 aromatic heterocycles. The van der Waals surface area contributed by atoms with Gasteiger partial charge in [-0.15, -0.1) is 0 Å². The summed E-state index contributed by atoms with van der Waals surface area (Å²) in [5, 5.41) is 2.91. The molecular formula is C28H28BrN3O4. The molecule has 0 bridgehead atoms. The van der Waals surface area contributed by atoms with Gasteiger partial charge in [0.2, 0.25) is 5.91 Å². The number of allylic oxidation sites excluding steroid dienone is 1. The smallest absolute Gasteiger partial charge is 0.339 e. The van der Waals surface area contributed by atoms with Gasteiger partial charge in [-0.25, -0.2) is 4.79 Å². The topological polar surface area (TPSA) is 102 Å². The van der Waals surface area contributed by atoms with E-state index < -0.39 is 17.3 Å². The molecule has 2 aliphatic heterocycles. The van der Waals surface area contributed by atoms with E-state index in [0.29, 0.717) is 28.9 Å². The van der Waals surface area contributed by atoms with Crippen LogP contribution >= 0.6 is 15.9 Å². The van der Waals surface area contributed by atoms with Crippen LogP contribution in [-0.4, -0.2) is 24.8 Å². The zero-order valence-electron chi connectivity index (χ0n) is 20.9. The summed E-state index contributed by atoms with van der Waals surface area (Å²) in [6, 6.07) is 11.2. The zero-order valence-corrected chi connectivity index (χ0v) is 22.5. The third-order valence-electron chi connectivity index (χ3n) is 7.33. The highest BCUT2D eigenvalue weighted by Gasteiger charge is 2.63. The number of rotatable bonds is 2. The van der Waals surface area contributed by atoms with E-state index in [0.717, 1.165) is 21.3 Å². The molecule has 0 fully saturated rings. The van der Waals surface area contributed by atoms with Crippen molar-refractivity contribution < 1.29 is 19.1 Å². The van der Waals surface area contributed by atoms with Gasteiger partial charge in [0.15, 0.2) is 5.78 Å². The Balaban J connectivity index is 1.95. The first-order chi connectivity index (χ1) is 16.9. The van der Waals surface area contributed by atoms with Crippen molar-refractivity contribution in [3.8, 4) is 0 Å². The van der Waals surface area contributed by atoms with E-state index in [1.165, 1.54) is 7.11 Å². The van der Waals surface area contributed by atoms with Gasteiger partial charge >= 0.3 is 5.97 Å². The second-order valence-electron chi connectivity index (χ2n) is 10.5. The molecule has 1 spiro atoms. The minimum Gasteiger partial charge on any atom is -0.466 e. The van der Waals surface area contributed by atoms with E-state index in [1.807, 2.05) is 58.0 Å². The van der Waals surface area contributed by atoms with Gasteiger partial charge in [-0.05, 0) is 55.5 Å². The number of anilines is 2. The summed E-state index contributed by atoms with van der Waals surface area (Å²) in [6.45, 7) is 7.89. The normalized spacial score (nSPS) is 22.6. The first kappa shape index (κ1) is 24.3. The molecule has 1 amide bonds. The SMILES string of the molecule is COC(=O)C1=C(N)N(c2ccc(Br)cc2C)C2=C(C(=O)CC(C)(C)C2)C12C(=O)Nc1ccc(C)cc12. The van der Waals surface area contributed by atoms with E-state index in [2.05, 4.69) is 21.2 Å². The summed E-state index contributed by atoms with van der Waals surface area (Å²) < 4.78 is 6.10. The maximum absolute atomic E-state index is 14.0. The van der Waals surface area contributed by atoms with Crippen LogP contribution in [0.15, 0.2) is 63.5 Å². The molecule has 8 heteroatoms. The summed E-state index contributed by atoms with van der Waals surface area (Å²) in [5.74, 6) is -1.32. The number of ether oxygens (including phenoxy) is 1. The molecule has 1 unspecified atom stereocenters. The minimum absolute atomic E-state index is 0.0408. The number of amides is 1. The Morgan fingerprint density at radius 2 is 1.83 bits per heavy atom. The fourth-order valence-electron chi connectivity index (χ4n) is 5.90. The zero-order chi connectivity index (χ0) is 26.2. The average molecular weight is 550 g/mol. The number of aryl methyl sites for hydroxylation is 2. The Hall–Kier alpha value is -3.39. The molecule has 3 N–H and O–H groups in total. The molecule has 1 aliphatic carbocycles. The number of carbonyl (C=O) groups excluding carboxylic acids is 3. The fourth-order valence-corrected chi connectivity index (χ4v) is 6.37. The van der Waals surface area contributed by atoms with Gasteiger partial charge in [0, 0.05) is 33.4 Å². The molecule has 3 aliphatic rings. The number of esters is 1. The number of carbonyl (C=O) groups is 3. The molecule has 1 atom stereocenters. The first-order valence-electron chi connectivity index (χ1n) is 11.8. The lowest BCUT2D eigenvalue weighted by molar-refractivity contribution is -0.138. The van der Waals surface area contributed by atoms with Crippen molar-refractivity contribution in [1.29, 1.82) is 0 Å². The summed E-state index contributed by atoms with van der Waals surface area (Å²) in [4.78, 5) is 43.3. The fraction of sp³-hybridized carbons (Fsp3) is 0.321. The molecule has 0 radical (unpaired) electrons. The molecule has 0 saturated carbocycles. The molecular weight excluding hydrogens is 522 g/mol. The number of hydrogen-bond donors (Lipinski definition) is 2. The van der Waals surface area contributed by atoms with Gasteiger partial charge in [-0.2, -0.15) is 0 Å². The number of fused-ring (bicyclic) bond motifs is 3. The van der Waals surface area contributed by atoms with Crippen LogP contribution < -0.4 is 16.0 Å². The van der Waals surface area contributed by atoms with Crippen molar-refractivity contribution in [2.24, 2.45) is 11.1 Å². The first-order valence-corrected chi connectivity index (χ1v) is 12.6. The van der Waals surface area contributed by atoms with Crippen LogP contribution in [0.25, 0.3) is 0 Å². The maximum atomic E-state index is 14.0. The Morgan fingerprint density at radius 1 is 1.11 bits per heavy atom. The lowest BCUT2D eigenvalue weighted by Gasteiger charge is -2.47. The van der Waals surface area contributed by atoms with Crippen molar-refractivity contribution in [3.05, 3.63) is 80.2 Å². The van der Waals surface area contributed by atoms with Crippen LogP contribution in [-0.2, 0) is 24.5 Å². The van der Waals surface area contributed by atoms with Crippen LogP contribution in [0.3, 0.4) is 0 Å². The molecule has 2 aromatic rings. The van der Waals surface area contributed by atoms with Crippen LogP contribution in [0.4, 0.5) is 11.4 Å². The molecule has 7 nitrogen and oxygen atoms in total. The van der Waals surface area contributed by atoms with Gasteiger partial charge < -0.3 is 15.8 Å². The highest BCUT2D eigenvalue weighted by atomic mass is 79.9. The number of ketones is 1. The standard InChI is InChI=1S/C28H28BrN3O4/c1-14-6-8-18-17(10-14)28(26(35)31-18)22-20(12-27(3,4)13-21(22)33)32(24(30)23(28)25(34)36-5)19-9-7-16(29)11-15(19)2/h6-11H,12-13,30H2,1-5H3,(H,31,35). The van der Waals surface area contributed by atoms with Crippen molar-refractivity contribution in [1.82, 2.24) is 0 Å². The Labute approximate surface area is 218 Å². The van der Waals surface area contributed by atoms with Gasteiger partial charge in [0.1, 0.15) is 16.8 Å². The van der Waals surface area contributed by atoms with E-state index in [-0.39, 0.29) is 29.0 Å². The Kier molecular flexibility index (Phi) is 5.44. The Bertz CT molecular complexity index is 1440. The summed E-state index contributed by atoms with van der Waals surface area (Å²) >= 11 is 3.50. The van der Waals surface area contributed by atoms with E-state index in [1.54, 1.807) is 11.0 Å². The van der Waals surface area contributed by atoms with Crippen LogP contribution in [0.2, 0.25) is 0 Å². The highest BCUT2D eigenvalue weighted by Crippen LogP contribution is 2.57. The maximum Gasteiger partial charge on any atom is 0.339 e. The number of nitrogens with zero attached hydrogens (tertiary/aromatic N) is 1. The molecule has 186 valence electrons. The summed E-state index contributed by atoms with van der Waals surface area (Å²) in [6.07, 6.45) is 0.735. The number of methoxy groups -OCH3 is 1. The summed E-state index contributed by atoms with van der Waals surface area (Å²) in [5.41, 5.74) is 9.30. The quantitative estimate of drug-likeness (QED) is 0.523. The number of nitrogens with one attached hydrogen (secondary N) is 1. The van der Waals surface area contributed by atoms with Crippen molar-refractivity contribution in [2.45, 2.75) is 46.0 Å². The number of benzene rings is 2. The van der Waals surface area contributed by atoms with Crippen molar-refractivity contribution in [2.75, 3.05) is 17.3 Å². The van der Waals surface area contributed by atoms with Gasteiger partial charge in [-0.3, -0.25) is 14.5 Å². The lowest BCUT2D eigenvalue weighted by Crippen LogP contribution is -2.54. The lowest BCUT2D eigenvalue weighted by atomic mass is 9.60. The largest absolute Gasteiger partial charge is 0.466 e. The van der Waals surface area contributed by atoms with E-state index in [4.69, 9.17) is 10.5 Å². The van der Waals surface area contributed by atoms with E-state index in [9.17, 15) is 14.4 Å². The third-order valence-corrected chi connectivity index (χ3v) is 7.82. The van der Waals surface area contributed by atoms with Crippen LogP contribution in [0.5, 0.6) is 0 Å². The van der Waals surface area contributed by atoms with E-state index >= 15 is 0 Å². The number of halogens is 1. The molecule has 2 aromatic carbocycles. The number of nitrogens with two attached hydrogens (primary N) is 1. The predicted octanol–water partition coefficient (Wildman–Crippen LogP) is 4.76. The highest BCUT2D eigenvalue weighted by molar-refractivity contribution is 9.10. The summed E-state index contributed by atoms with van der Waals surface area (Å²) in [7, 11) is 1.26. The van der Waals surface area contributed by atoms with Crippen molar-refractivity contribution >= 4 is 45.0 Å². The second-order valence-corrected chi connectivity index (χ2v) is 11.4. The minimum atomic E-state index is -1.69. The predicted molar refractivity (Wildman–Crippen MR) is 141 cm³/mol. The van der Waals surface area contributed by atoms with Gasteiger partial charge in [0.05, 0.1) is 12.8 Å². The monoisotopic (exact) mass is 549 g/mol. The van der Waals surface area contributed by atoms with Crippen LogP contribution in [0.1, 0.15) is 43.4 Å². The van der Waals surface area contributed by atoms with Gasteiger partial charge in [0.25, 0.3) is 0 Å². The average Bonchev–Trinajstić information content (AvgIpc) is 3.05. The van der Waals surface area contributed by atoms with Gasteiger partial charge in [-0.1, -0.05) is 47.5 Å². The second kappa shape index (κ2) is 8.06.